The lowest BCUT2D eigenvalue weighted by Gasteiger charge is -2.33. The molecule has 1 aromatic heterocycles. The van der Waals surface area contributed by atoms with Gasteiger partial charge >= 0.3 is 0 Å². The zero-order valence-corrected chi connectivity index (χ0v) is 11.7. The molecule has 3 N–H and O–H groups in total. The lowest BCUT2D eigenvalue weighted by Crippen LogP contribution is -2.43. The van der Waals surface area contributed by atoms with Gasteiger partial charge in [0.25, 0.3) is 0 Å². The number of anilines is 1. The maximum atomic E-state index is 6.41. The Morgan fingerprint density at radius 1 is 1.39 bits per heavy atom. The number of rotatable bonds is 5. The molecule has 0 aromatic carbocycles. The van der Waals surface area contributed by atoms with Crippen molar-refractivity contribution in [1.82, 2.24) is 9.78 Å². The van der Waals surface area contributed by atoms with E-state index >= 15 is 0 Å². The van der Waals surface area contributed by atoms with E-state index in [1.807, 2.05) is 16.9 Å². The summed E-state index contributed by atoms with van der Waals surface area (Å²) in [6, 6.07) is 2.45. The summed E-state index contributed by atoms with van der Waals surface area (Å²) in [5.41, 5.74) is 6.47. The van der Waals surface area contributed by atoms with Gasteiger partial charge in [-0.05, 0) is 33.1 Å². The van der Waals surface area contributed by atoms with Crippen LogP contribution in [-0.2, 0) is 0 Å². The molecule has 4 nitrogen and oxygen atoms in total. The number of aromatic nitrogens is 2. The Morgan fingerprint density at radius 2 is 2.11 bits per heavy atom. The molecule has 0 saturated heterocycles. The van der Waals surface area contributed by atoms with Gasteiger partial charge in [-0.25, -0.2) is 0 Å². The van der Waals surface area contributed by atoms with Gasteiger partial charge in [0.05, 0.1) is 0 Å². The van der Waals surface area contributed by atoms with E-state index in [1.54, 1.807) is 0 Å². The first kappa shape index (κ1) is 13.4. The standard InChI is InChI=1S/C14H26N4/c1-12(2)18-11-6-13(17-18)16-10-9-14(15)7-4-3-5-8-14/h6,11-12H,3-5,7-10,15H2,1-2H3,(H,16,17). The fraction of sp³-hybridized carbons (Fsp3) is 0.786. The number of nitrogens with one attached hydrogen (secondary N) is 1. The van der Waals surface area contributed by atoms with E-state index in [0.717, 1.165) is 18.8 Å². The summed E-state index contributed by atoms with van der Waals surface area (Å²) in [4.78, 5) is 0. The van der Waals surface area contributed by atoms with Gasteiger partial charge in [0.2, 0.25) is 0 Å². The van der Waals surface area contributed by atoms with E-state index in [9.17, 15) is 0 Å². The first-order chi connectivity index (χ1) is 8.59. The van der Waals surface area contributed by atoms with E-state index in [1.165, 1.54) is 32.1 Å². The van der Waals surface area contributed by atoms with Crippen LogP contribution < -0.4 is 11.1 Å². The summed E-state index contributed by atoms with van der Waals surface area (Å²) in [7, 11) is 0. The lowest BCUT2D eigenvalue weighted by atomic mass is 9.80. The molecule has 1 saturated carbocycles. The first-order valence-electron chi connectivity index (χ1n) is 7.17. The zero-order chi connectivity index (χ0) is 13.0. The average Bonchev–Trinajstić information content (AvgIpc) is 2.78. The fourth-order valence-electron chi connectivity index (χ4n) is 2.67. The van der Waals surface area contributed by atoms with Crippen molar-refractivity contribution < 1.29 is 0 Å². The molecule has 18 heavy (non-hydrogen) atoms. The molecule has 0 atom stereocenters. The molecule has 0 amide bonds. The molecule has 4 heteroatoms. The van der Waals surface area contributed by atoms with E-state index in [0.29, 0.717) is 6.04 Å². The number of nitrogens with two attached hydrogens (primary N) is 1. The second-order valence-electron chi connectivity index (χ2n) is 5.87. The SMILES string of the molecule is CC(C)n1ccc(NCCC2(N)CCCCC2)n1. The molecule has 0 radical (unpaired) electrons. The number of hydrogen-bond donors (Lipinski definition) is 2. The lowest BCUT2D eigenvalue weighted by molar-refractivity contribution is 0.284. The minimum Gasteiger partial charge on any atom is -0.369 e. The minimum absolute atomic E-state index is 0.0614. The summed E-state index contributed by atoms with van der Waals surface area (Å²) in [5.74, 6) is 0.961. The minimum atomic E-state index is 0.0614. The zero-order valence-electron chi connectivity index (χ0n) is 11.7. The Bertz CT molecular complexity index is 364. The van der Waals surface area contributed by atoms with Crippen molar-refractivity contribution in [1.29, 1.82) is 0 Å². The molecular formula is C14H26N4. The second-order valence-corrected chi connectivity index (χ2v) is 5.87. The van der Waals surface area contributed by atoms with Crippen molar-refractivity contribution in [2.24, 2.45) is 5.73 Å². The van der Waals surface area contributed by atoms with Gasteiger partial charge in [-0.3, -0.25) is 4.68 Å². The summed E-state index contributed by atoms with van der Waals surface area (Å²) >= 11 is 0. The molecule has 102 valence electrons. The van der Waals surface area contributed by atoms with E-state index < -0.39 is 0 Å². The van der Waals surface area contributed by atoms with Crippen LogP contribution in [0.5, 0.6) is 0 Å². The summed E-state index contributed by atoms with van der Waals surface area (Å²) in [6.45, 7) is 5.19. The Labute approximate surface area is 110 Å². The molecule has 1 aliphatic carbocycles. The van der Waals surface area contributed by atoms with Gasteiger partial charge in [-0.1, -0.05) is 19.3 Å². The summed E-state index contributed by atoms with van der Waals surface area (Å²) in [6.07, 6.45) is 9.35. The highest BCUT2D eigenvalue weighted by atomic mass is 15.3. The van der Waals surface area contributed by atoms with Crippen LogP contribution in [0.4, 0.5) is 5.82 Å². The third-order valence-corrected chi connectivity index (χ3v) is 3.92. The third kappa shape index (κ3) is 3.48. The molecule has 2 rings (SSSR count). The second kappa shape index (κ2) is 5.74. The van der Waals surface area contributed by atoms with Crippen LogP contribution in [0.2, 0.25) is 0 Å². The van der Waals surface area contributed by atoms with E-state index in [-0.39, 0.29) is 5.54 Å². The smallest absolute Gasteiger partial charge is 0.147 e. The van der Waals surface area contributed by atoms with Gasteiger partial charge < -0.3 is 11.1 Å². The van der Waals surface area contributed by atoms with E-state index in [2.05, 4.69) is 24.3 Å². The first-order valence-corrected chi connectivity index (χ1v) is 7.17. The van der Waals surface area contributed by atoms with Crippen molar-refractivity contribution >= 4 is 5.82 Å². The van der Waals surface area contributed by atoms with Crippen molar-refractivity contribution in [2.75, 3.05) is 11.9 Å². The van der Waals surface area contributed by atoms with Crippen LogP contribution in [0.15, 0.2) is 12.3 Å². The third-order valence-electron chi connectivity index (χ3n) is 3.92. The molecule has 1 heterocycles. The Balaban J connectivity index is 1.77. The largest absolute Gasteiger partial charge is 0.369 e. The summed E-state index contributed by atoms with van der Waals surface area (Å²) < 4.78 is 1.97. The Morgan fingerprint density at radius 3 is 2.72 bits per heavy atom. The van der Waals surface area contributed by atoms with Crippen molar-refractivity contribution in [3.05, 3.63) is 12.3 Å². The molecular weight excluding hydrogens is 224 g/mol. The average molecular weight is 250 g/mol. The predicted molar refractivity (Wildman–Crippen MR) is 75.7 cm³/mol. The van der Waals surface area contributed by atoms with Crippen LogP contribution in [0.25, 0.3) is 0 Å². The van der Waals surface area contributed by atoms with E-state index in [4.69, 9.17) is 5.73 Å². The van der Waals surface area contributed by atoms with Crippen molar-refractivity contribution in [3.63, 3.8) is 0 Å². The molecule has 1 aliphatic rings. The molecule has 0 aliphatic heterocycles. The quantitative estimate of drug-likeness (QED) is 0.844. The van der Waals surface area contributed by atoms with Crippen LogP contribution in [0.1, 0.15) is 58.4 Å². The van der Waals surface area contributed by atoms with Crippen molar-refractivity contribution in [2.45, 2.75) is 64.0 Å². The number of nitrogens with zero attached hydrogens (tertiary/aromatic N) is 2. The maximum absolute atomic E-state index is 6.41. The molecule has 0 unspecified atom stereocenters. The monoisotopic (exact) mass is 250 g/mol. The van der Waals surface area contributed by atoms with Crippen molar-refractivity contribution in [3.8, 4) is 0 Å². The Kier molecular flexibility index (Phi) is 4.27. The molecule has 1 aromatic rings. The van der Waals surface area contributed by atoms with Gasteiger partial charge in [-0.15, -0.1) is 0 Å². The summed E-state index contributed by atoms with van der Waals surface area (Å²) in [5, 5.41) is 7.86. The normalized spacial score (nSPS) is 19.1. The van der Waals surface area contributed by atoms with Gasteiger partial charge in [0, 0.05) is 30.4 Å². The highest BCUT2D eigenvalue weighted by Crippen LogP contribution is 2.28. The van der Waals surface area contributed by atoms with Crippen LogP contribution in [0.3, 0.4) is 0 Å². The molecule has 0 spiro atoms. The number of hydrogen-bond acceptors (Lipinski definition) is 3. The van der Waals surface area contributed by atoms with Crippen LogP contribution in [-0.4, -0.2) is 21.9 Å². The highest BCUT2D eigenvalue weighted by Gasteiger charge is 2.26. The van der Waals surface area contributed by atoms with Gasteiger partial charge in [0.15, 0.2) is 0 Å². The molecule has 0 bridgehead atoms. The topological polar surface area (TPSA) is 55.9 Å². The predicted octanol–water partition coefficient (Wildman–Crippen LogP) is 2.93. The van der Waals surface area contributed by atoms with Crippen LogP contribution >= 0.6 is 0 Å². The Hall–Kier alpha value is -1.03. The molecule has 1 fully saturated rings. The highest BCUT2D eigenvalue weighted by molar-refractivity contribution is 5.32. The fourth-order valence-corrected chi connectivity index (χ4v) is 2.67. The van der Waals surface area contributed by atoms with Crippen LogP contribution in [0, 0.1) is 0 Å². The maximum Gasteiger partial charge on any atom is 0.147 e. The van der Waals surface area contributed by atoms with Gasteiger partial charge in [0.1, 0.15) is 5.82 Å². The van der Waals surface area contributed by atoms with Gasteiger partial charge in [-0.2, -0.15) is 5.10 Å².